The van der Waals surface area contributed by atoms with Crippen molar-refractivity contribution in [3.8, 4) is 0 Å². The van der Waals surface area contributed by atoms with Crippen LogP contribution < -0.4 is 10.6 Å². The number of aliphatic hydroxyl groups excluding tert-OH is 4. The molecule has 0 aliphatic rings. The van der Waals surface area contributed by atoms with E-state index in [0.29, 0.717) is 39.3 Å². The Labute approximate surface area is 141 Å². The number of nitrogens with zero attached hydrogens (tertiary/aromatic N) is 2. The van der Waals surface area contributed by atoms with Gasteiger partial charge < -0.3 is 40.7 Å². The van der Waals surface area contributed by atoms with Crippen molar-refractivity contribution in [1.29, 1.82) is 0 Å². The topological polar surface area (TPSA) is 147 Å². The molecule has 24 heavy (non-hydrogen) atoms. The average molecular weight is 354 g/mol. The molecule has 0 aromatic carbocycles. The van der Waals surface area contributed by atoms with E-state index in [4.69, 9.17) is 30.1 Å². The molecule has 0 bridgehead atoms. The van der Waals surface area contributed by atoms with Crippen molar-refractivity contribution in [3.63, 3.8) is 0 Å². The van der Waals surface area contributed by atoms with Gasteiger partial charge in [-0.05, 0) is 0 Å². The van der Waals surface area contributed by atoms with Crippen LogP contribution in [0.25, 0.3) is 0 Å². The lowest BCUT2D eigenvalue weighted by molar-refractivity contribution is -0.191. The SMILES string of the molecule is O=C(ON(CCO)CCNCCO)ON(CCO)CCNCCO. The van der Waals surface area contributed by atoms with Gasteiger partial charge in [0.2, 0.25) is 0 Å². The molecule has 0 heterocycles. The van der Waals surface area contributed by atoms with Gasteiger partial charge in [0.05, 0.1) is 39.5 Å². The highest BCUT2D eigenvalue weighted by atomic mass is 16.9. The van der Waals surface area contributed by atoms with E-state index in [9.17, 15) is 4.79 Å². The van der Waals surface area contributed by atoms with Gasteiger partial charge in [0.1, 0.15) is 0 Å². The average Bonchev–Trinajstić information content (AvgIpc) is 2.55. The van der Waals surface area contributed by atoms with Crippen molar-refractivity contribution in [3.05, 3.63) is 0 Å². The van der Waals surface area contributed by atoms with Crippen LogP contribution in [0.3, 0.4) is 0 Å². The third-order valence-electron chi connectivity index (χ3n) is 2.76. The quantitative estimate of drug-likeness (QED) is 0.122. The van der Waals surface area contributed by atoms with Crippen molar-refractivity contribution >= 4 is 6.16 Å². The second-order valence-electron chi connectivity index (χ2n) is 4.69. The summed E-state index contributed by atoms with van der Waals surface area (Å²) in [5.41, 5.74) is 0. The molecule has 0 aromatic heterocycles. The van der Waals surface area contributed by atoms with Gasteiger partial charge >= 0.3 is 6.16 Å². The summed E-state index contributed by atoms with van der Waals surface area (Å²) in [6, 6.07) is 0. The number of aliphatic hydroxyl groups is 4. The van der Waals surface area contributed by atoms with Gasteiger partial charge in [0.15, 0.2) is 0 Å². The van der Waals surface area contributed by atoms with Crippen molar-refractivity contribution in [2.75, 3.05) is 78.8 Å². The third kappa shape index (κ3) is 13.4. The first-order valence-electron chi connectivity index (χ1n) is 7.92. The molecular formula is C13H30N4O7. The van der Waals surface area contributed by atoms with Crippen LogP contribution in [0.4, 0.5) is 4.79 Å². The van der Waals surface area contributed by atoms with Crippen LogP contribution in [0.15, 0.2) is 0 Å². The molecule has 0 amide bonds. The molecule has 0 saturated heterocycles. The second-order valence-corrected chi connectivity index (χ2v) is 4.69. The summed E-state index contributed by atoms with van der Waals surface area (Å²) in [7, 11) is 0. The van der Waals surface area contributed by atoms with Gasteiger partial charge in [-0.1, -0.05) is 0 Å². The van der Waals surface area contributed by atoms with E-state index in [1.165, 1.54) is 10.1 Å². The van der Waals surface area contributed by atoms with Gasteiger partial charge in [-0.2, -0.15) is 4.79 Å². The van der Waals surface area contributed by atoms with E-state index < -0.39 is 6.16 Å². The normalized spacial score (nSPS) is 11.2. The van der Waals surface area contributed by atoms with E-state index in [1.54, 1.807) is 0 Å². The Balaban J connectivity index is 4.17. The van der Waals surface area contributed by atoms with Crippen molar-refractivity contribution in [2.45, 2.75) is 0 Å². The van der Waals surface area contributed by atoms with Gasteiger partial charge in [-0.15, -0.1) is 10.1 Å². The number of hydroxylamine groups is 4. The zero-order valence-electron chi connectivity index (χ0n) is 13.9. The largest absolute Gasteiger partial charge is 0.547 e. The first-order valence-corrected chi connectivity index (χ1v) is 7.92. The number of hydrogen-bond donors (Lipinski definition) is 6. The minimum Gasteiger partial charge on any atom is -0.395 e. The zero-order chi connectivity index (χ0) is 18.0. The Morgan fingerprint density at radius 2 is 1.08 bits per heavy atom. The third-order valence-corrected chi connectivity index (χ3v) is 2.76. The fraction of sp³-hybridized carbons (Fsp3) is 0.923. The molecule has 0 unspecified atom stereocenters. The maximum Gasteiger partial charge on any atom is 0.547 e. The van der Waals surface area contributed by atoms with E-state index in [2.05, 4.69) is 10.6 Å². The highest BCUT2D eigenvalue weighted by Gasteiger charge is 2.17. The maximum atomic E-state index is 11.8. The van der Waals surface area contributed by atoms with Crippen LogP contribution in [-0.2, 0) is 9.68 Å². The van der Waals surface area contributed by atoms with Gasteiger partial charge in [-0.3, -0.25) is 0 Å². The summed E-state index contributed by atoms with van der Waals surface area (Å²) in [5.74, 6) is 0. The summed E-state index contributed by atoms with van der Waals surface area (Å²) in [5, 5.41) is 43.6. The monoisotopic (exact) mass is 354 g/mol. The molecule has 11 heteroatoms. The van der Waals surface area contributed by atoms with Crippen molar-refractivity contribution in [1.82, 2.24) is 20.8 Å². The van der Waals surface area contributed by atoms with Crippen LogP contribution in [0.1, 0.15) is 0 Å². The minimum atomic E-state index is -0.971. The number of rotatable bonds is 16. The molecule has 0 aliphatic heterocycles. The van der Waals surface area contributed by atoms with Crippen molar-refractivity contribution in [2.24, 2.45) is 0 Å². The standard InChI is InChI=1S/C13H30N4O7/c18-9-3-14-1-5-16(7-11-20)23-13(22)24-17(8-12-21)6-2-15-4-10-19/h14-15,18-21H,1-12H2. The van der Waals surface area contributed by atoms with Gasteiger partial charge in [0, 0.05) is 39.3 Å². The molecule has 0 atom stereocenters. The molecule has 0 rings (SSSR count). The number of hydrogen-bond acceptors (Lipinski definition) is 11. The first-order chi connectivity index (χ1) is 11.7. The summed E-state index contributed by atoms with van der Waals surface area (Å²) in [6.07, 6.45) is -0.971. The highest BCUT2D eigenvalue weighted by Crippen LogP contribution is 1.98. The van der Waals surface area contributed by atoms with Gasteiger partial charge in [0.25, 0.3) is 0 Å². The Morgan fingerprint density at radius 1 is 0.667 bits per heavy atom. The van der Waals surface area contributed by atoms with Gasteiger partial charge in [-0.25, -0.2) is 0 Å². The molecule has 0 fully saturated rings. The Kier molecular flexibility index (Phi) is 16.1. The molecule has 0 aliphatic carbocycles. The van der Waals surface area contributed by atoms with E-state index >= 15 is 0 Å². The summed E-state index contributed by atoms with van der Waals surface area (Å²) in [4.78, 5) is 21.8. The van der Waals surface area contributed by atoms with Crippen LogP contribution in [0, 0.1) is 0 Å². The maximum absolute atomic E-state index is 11.8. The van der Waals surface area contributed by atoms with E-state index in [-0.39, 0.29) is 39.5 Å². The smallest absolute Gasteiger partial charge is 0.395 e. The predicted molar refractivity (Wildman–Crippen MR) is 84.8 cm³/mol. The Bertz CT molecular complexity index is 273. The molecule has 11 nitrogen and oxygen atoms in total. The number of nitrogens with one attached hydrogen (secondary N) is 2. The molecular weight excluding hydrogens is 324 g/mol. The Hall–Kier alpha value is -1.05. The van der Waals surface area contributed by atoms with E-state index in [1.807, 2.05) is 0 Å². The lowest BCUT2D eigenvalue weighted by atomic mass is 10.5. The lowest BCUT2D eigenvalue weighted by Gasteiger charge is -2.23. The molecule has 0 saturated carbocycles. The van der Waals surface area contributed by atoms with Crippen LogP contribution in [0.2, 0.25) is 0 Å². The second kappa shape index (κ2) is 16.8. The molecule has 0 radical (unpaired) electrons. The van der Waals surface area contributed by atoms with Crippen LogP contribution in [-0.4, -0.2) is 115 Å². The fourth-order valence-electron chi connectivity index (χ4n) is 1.67. The molecule has 6 N–H and O–H groups in total. The first kappa shape index (κ1) is 22.9. The summed E-state index contributed by atoms with van der Waals surface area (Å²) >= 11 is 0. The van der Waals surface area contributed by atoms with Crippen molar-refractivity contribution < 1.29 is 34.9 Å². The predicted octanol–water partition coefficient (Wildman–Crippen LogP) is -3.28. The van der Waals surface area contributed by atoms with Crippen LogP contribution in [0.5, 0.6) is 0 Å². The van der Waals surface area contributed by atoms with E-state index in [0.717, 1.165) is 0 Å². The summed E-state index contributed by atoms with van der Waals surface area (Å²) in [6.45, 7) is 2.23. The molecule has 144 valence electrons. The summed E-state index contributed by atoms with van der Waals surface area (Å²) < 4.78 is 0. The Morgan fingerprint density at radius 3 is 1.42 bits per heavy atom. The number of carbonyl (C=O) groups is 1. The highest BCUT2D eigenvalue weighted by molar-refractivity contribution is 5.59. The lowest BCUT2D eigenvalue weighted by Crippen LogP contribution is -2.40. The minimum absolute atomic E-state index is 0.00331. The number of carbonyl (C=O) groups excluding carboxylic acids is 1. The van der Waals surface area contributed by atoms with Crippen LogP contribution >= 0.6 is 0 Å². The fourth-order valence-corrected chi connectivity index (χ4v) is 1.67. The molecule has 0 spiro atoms. The zero-order valence-corrected chi connectivity index (χ0v) is 13.9. The molecule has 0 aromatic rings.